The van der Waals surface area contributed by atoms with E-state index in [4.69, 9.17) is 0 Å². The molecule has 0 saturated carbocycles. The highest BCUT2D eigenvalue weighted by molar-refractivity contribution is 7.89. The highest BCUT2D eigenvalue weighted by Gasteiger charge is 2.10. The molecule has 19 heavy (non-hydrogen) atoms. The monoisotopic (exact) mass is 282 g/mol. The average molecular weight is 282 g/mol. The molecule has 0 aromatic heterocycles. The van der Waals surface area contributed by atoms with E-state index in [1.54, 1.807) is 24.3 Å². The smallest absolute Gasteiger partial charge is 0.240 e. The van der Waals surface area contributed by atoms with Gasteiger partial charge in [0.05, 0.1) is 4.90 Å². The molecule has 0 unspecified atom stereocenters. The van der Waals surface area contributed by atoms with E-state index >= 15 is 0 Å². The summed E-state index contributed by atoms with van der Waals surface area (Å²) in [4.78, 5) is 4.57. The predicted octanol–water partition coefficient (Wildman–Crippen LogP) is 0.0336. The molecule has 6 nitrogen and oxygen atoms in total. The van der Waals surface area contributed by atoms with Crippen LogP contribution in [0.4, 0.5) is 0 Å². The lowest BCUT2D eigenvalue weighted by Gasteiger charge is -2.16. The fraction of sp³-hybridized carbons (Fsp3) is 0.417. The van der Waals surface area contributed by atoms with Gasteiger partial charge in [-0.1, -0.05) is 12.1 Å². The van der Waals surface area contributed by atoms with Gasteiger partial charge in [0, 0.05) is 19.6 Å². The summed E-state index contributed by atoms with van der Waals surface area (Å²) in [7, 11) is -1.96. The van der Waals surface area contributed by atoms with E-state index in [1.165, 1.54) is 7.05 Å². The van der Waals surface area contributed by atoms with Gasteiger partial charge in [-0.15, -0.1) is 0 Å². The van der Waals surface area contributed by atoms with Crippen LogP contribution in [0.15, 0.2) is 34.2 Å². The Bertz CT molecular complexity index is 552. The first-order valence-electron chi connectivity index (χ1n) is 6.16. The van der Waals surface area contributed by atoms with Crippen LogP contribution in [-0.2, 0) is 16.6 Å². The highest BCUT2D eigenvalue weighted by Crippen LogP contribution is 2.09. The molecule has 0 fully saturated rings. The van der Waals surface area contributed by atoms with E-state index in [-0.39, 0.29) is 4.90 Å². The minimum absolute atomic E-state index is 0.270. The number of nitrogens with one attached hydrogen (secondary N) is 3. The molecule has 104 valence electrons. The summed E-state index contributed by atoms with van der Waals surface area (Å²) < 4.78 is 25.4. The van der Waals surface area contributed by atoms with Crippen molar-refractivity contribution in [3.8, 4) is 0 Å². The van der Waals surface area contributed by atoms with Gasteiger partial charge in [-0.05, 0) is 31.2 Å². The number of nitrogens with zero attached hydrogens (tertiary/aromatic N) is 1. The van der Waals surface area contributed by atoms with Crippen molar-refractivity contribution < 1.29 is 8.42 Å². The molecule has 0 spiro atoms. The Morgan fingerprint density at radius 2 is 2.05 bits per heavy atom. The second-order valence-electron chi connectivity index (χ2n) is 4.22. The normalized spacial score (nSPS) is 15.5. The zero-order valence-electron chi connectivity index (χ0n) is 10.8. The van der Waals surface area contributed by atoms with Crippen LogP contribution in [0.2, 0.25) is 0 Å². The lowest BCUT2D eigenvalue weighted by atomic mass is 10.2. The zero-order chi connectivity index (χ0) is 13.7. The zero-order valence-corrected chi connectivity index (χ0v) is 11.6. The molecule has 0 bridgehead atoms. The van der Waals surface area contributed by atoms with Crippen molar-refractivity contribution in [2.75, 3.05) is 20.1 Å². The molecule has 1 aromatic rings. The number of benzene rings is 1. The molecule has 0 amide bonds. The van der Waals surface area contributed by atoms with E-state index in [0.717, 1.165) is 31.0 Å². The van der Waals surface area contributed by atoms with E-state index in [1.807, 2.05) is 0 Å². The van der Waals surface area contributed by atoms with Gasteiger partial charge in [0.25, 0.3) is 0 Å². The van der Waals surface area contributed by atoms with E-state index in [9.17, 15) is 8.42 Å². The van der Waals surface area contributed by atoms with Crippen molar-refractivity contribution in [2.45, 2.75) is 17.9 Å². The fourth-order valence-corrected chi connectivity index (χ4v) is 2.47. The Balaban J connectivity index is 1.97. The van der Waals surface area contributed by atoms with E-state index in [2.05, 4.69) is 20.3 Å². The predicted molar refractivity (Wildman–Crippen MR) is 74.4 cm³/mol. The summed E-state index contributed by atoms with van der Waals surface area (Å²) in [6.07, 6.45) is 1.06. The second kappa shape index (κ2) is 6.03. The molecule has 2 rings (SSSR count). The van der Waals surface area contributed by atoms with Crippen LogP contribution in [-0.4, -0.2) is 34.5 Å². The third-order valence-electron chi connectivity index (χ3n) is 2.86. The molecule has 0 radical (unpaired) electrons. The average Bonchev–Trinajstić information content (AvgIpc) is 2.47. The minimum atomic E-state index is -3.36. The van der Waals surface area contributed by atoms with Gasteiger partial charge in [-0.25, -0.2) is 13.1 Å². The molecular weight excluding hydrogens is 264 g/mol. The van der Waals surface area contributed by atoms with Crippen molar-refractivity contribution in [1.29, 1.82) is 0 Å². The van der Waals surface area contributed by atoms with Gasteiger partial charge >= 0.3 is 0 Å². The summed E-state index contributed by atoms with van der Waals surface area (Å²) in [5.74, 6) is 0.804. The summed E-state index contributed by atoms with van der Waals surface area (Å²) in [6.45, 7) is 2.39. The number of aliphatic imine (C=N–C) groups is 1. The maximum absolute atomic E-state index is 11.6. The van der Waals surface area contributed by atoms with Crippen molar-refractivity contribution in [2.24, 2.45) is 4.99 Å². The number of hydrogen-bond donors (Lipinski definition) is 3. The molecule has 1 aliphatic heterocycles. The summed E-state index contributed by atoms with van der Waals surface area (Å²) in [6, 6.07) is 6.78. The van der Waals surface area contributed by atoms with Gasteiger partial charge < -0.3 is 10.6 Å². The van der Waals surface area contributed by atoms with Gasteiger partial charge in [-0.3, -0.25) is 4.99 Å². The van der Waals surface area contributed by atoms with Crippen LogP contribution < -0.4 is 15.4 Å². The Morgan fingerprint density at radius 1 is 1.32 bits per heavy atom. The van der Waals surface area contributed by atoms with Crippen LogP contribution in [0.3, 0.4) is 0 Å². The second-order valence-corrected chi connectivity index (χ2v) is 6.10. The topological polar surface area (TPSA) is 82.6 Å². The van der Waals surface area contributed by atoms with E-state index < -0.39 is 10.0 Å². The molecule has 0 saturated heterocycles. The third kappa shape index (κ3) is 3.68. The molecule has 1 heterocycles. The number of rotatable bonds is 4. The first kappa shape index (κ1) is 13.8. The van der Waals surface area contributed by atoms with Crippen LogP contribution in [0.25, 0.3) is 0 Å². The number of hydrogen-bond acceptors (Lipinski definition) is 5. The Morgan fingerprint density at radius 3 is 2.63 bits per heavy atom. The summed E-state index contributed by atoms with van der Waals surface area (Å²) in [5.41, 5.74) is 1.00. The van der Waals surface area contributed by atoms with Crippen molar-refractivity contribution in [3.63, 3.8) is 0 Å². The molecule has 1 aromatic carbocycles. The van der Waals surface area contributed by atoms with Gasteiger partial charge in [-0.2, -0.15) is 0 Å². The van der Waals surface area contributed by atoms with Gasteiger partial charge in [0.15, 0.2) is 5.96 Å². The molecule has 1 aliphatic rings. The quantitative estimate of drug-likeness (QED) is 0.728. The lowest BCUT2D eigenvalue weighted by Crippen LogP contribution is -2.40. The lowest BCUT2D eigenvalue weighted by molar-refractivity contribution is 0.588. The number of sulfonamides is 1. The molecule has 0 aliphatic carbocycles. The first-order chi connectivity index (χ1) is 9.12. The van der Waals surface area contributed by atoms with Crippen molar-refractivity contribution >= 4 is 16.0 Å². The van der Waals surface area contributed by atoms with Crippen LogP contribution in [0, 0.1) is 0 Å². The Labute approximate surface area is 113 Å². The Hall–Kier alpha value is -1.60. The van der Waals surface area contributed by atoms with Gasteiger partial charge in [0.1, 0.15) is 0 Å². The summed E-state index contributed by atoms with van der Waals surface area (Å²) >= 11 is 0. The van der Waals surface area contributed by atoms with Crippen LogP contribution in [0.1, 0.15) is 12.0 Å². The molecule has 7 heteroatoms. The molecule has 0 atom stereocenters. The van der Waals surface area contributed by atoms with Gasteiger partial charge in [0.2, 0.25) is 10.0 Å². The van der Waals surface area contributed by atoms with Crippen LogP contribution >= 0.6 is 0 Å². The number of guanidine groups is 1. The molecular formula is C12H18N4O2S. The largest absolute Gasteiger partial charge is 0.356 e. The fourth-order valence-electron chi connectivity index (χ4n) is 1.74. The third-order valence-corrected chi connectivity index (χ3v) is 4.29. The maximum atomic E-state index is 11.6. The standard InChI is InChI=1S/C12H18N4O2S/c1-13-19(17,18)11-5-3-10(4-6-11)9-16-12-14-7-2-8-15-12/h3-6,13H,2,7-9H2,1H3,(H2,14,15,16). The molecule has 3 N–H and O–H groups in total. The maximum Gasteiger partial charge on any atom is 0.240 e. The Kier molecular flexibility index (Phi) is 4.39. The van der Waals surface area contributed by atoms with Crippen LogP contribution in [0.5, 0.6) is 0 Å². The van der Waals surface area contributed by atoms with Crippen molar-refractivity contribution in [1.82, 2.24) is 15.4 Å². The minimum Gasteiger partial charge on any atom is -0.356 e. The highest BCUT2D eigenvalue weighted by atomic mass is 32.2. The summed E-state index contributed by atoms with van der Waals surface area (Å²) in [5, 5.41) is 6.35. The van der Waals surface area contributed by atoms with E-state index in [0.29, 0.717) is 6.54 Å². The van der Waals surface area contributed by atoms with Crippen molar-refractivity contribution in [3.05, 3.63) is 29.8 Å². The SMILES string of the molecule is CNS(=O)(=O)c1ccc(CNC2=NCCCN2)cc1. The first-order valence-corrected chi connectivity index (χ1v) is 7.65.